The summed E-state index contributed by atoms with van der Waals surface area (Å²) in [5.74, 6) is -0.857. The zero-order chi connectivity index (χ0) is 24.6. The number of Topliss-reactive ketones (excluding diaryl/α,β-unsaturated/α-hetero) is 1. The number of halogens is 1. The molecule has 3 heterocycles. The molecule has 5 rings (SSSR count). The number of hydrogen-bond donors (Lipinski definition) is 2. The Kier molecular flexibility index (Phi) is 5.87. The molecule has 0 aliphatic heterocycles. The Morgan fingerprint density at radius 3 is 2.69 bits per heavy atom. The highest BCUT2D eigenvalue weighted by Gasteiger charge is 2.20. The van der Waals surface area contributed by atoms with E-state index in [0.717, 1.165) is 6.07 Å². The Balaban J connectivity index is 1.35. The molecule has 35 heavy (non-hydrogen) atoms. The maximum absolute atomic E-state index is 14.1. The number of thiophene rings is 1. The van der Waals surface area contributed by atoms with Gasteiger partial charge in [0, 0.05) is 22.2 Å². The quantitative estimate of drug-likeness (QED) is 0.307. The van der Waals surface area contributed by atoms with Crippen LogP contribution in [0.5, 0.6) is 0 Å². The van der Waals surface area contributed by atoms with Gasteiger partial charge in [0.15, 0.2) is 11.4 Å². The van der Waals surface area contributed by atoms with Crippen molar-refractivity contribution < 1.29 is 17.6 Å². The van der Waals surface area contributed by atoms with Crippen LogP contribution in [0.4, 0.5) is 10.1 Å². The highest BCUT2D eigenvalue weighted by molar-refractivity contribution is 7.92. The zero-order valence-corrected chi connectivity index (χ0v) is 20.0. The highest BCUT2D eigenvalue weighted by Crippen LogP contribution is 2.24. The van der Waals surface area contributed by atoms with Crippen LogP contribution < -0.4 is 4.72 Å². The zero-order valence-electron chi connectivity index (χ0n) is 18.3. The topological polar surface area (TPSA) is 118 Å². The minimum absolute atomic E-state index is 0.0359. The molecular weight excluding hydrogens is 489 g/mol. The molecule has 11 heteroatoms. The lowest BCUT2D eigenvalue weighted by atomic mass is 10.1. The lowest BCUT2D eigenvalue weighted by molar-refractivity contribution is 0.0992. The van der Waals surface area contributed by atoms with Gasteiger partial charge < -0.3 is 0 Å². The summed E-state index contributed by atoms with van der Waals surface area (Å²) in [7, 11) is -4.09. The third-order valence-electron chi connectivity index (χ3n) is 5.33. The number of aryl methyl sites for hydroxylation is 1. The molecule has 0 aliphatic carbocycles. The van der Waals surface area contributed by atoms with Crippen LogP contribution in [0.2, 0.25) is 0 Å². The van der Waals surface area contributed by atoms with E-state index in [0.29, 0.717) is 39.2 Å². The first-order chi connectivity index (χ1) is 16.8. The minimum atomic E-state index is -4.09. The van der Waals surface area contributed by atoms with Crippen LogP contribution in [0.3, 0.4) is 0 Å². The van der Waals surface area contributed by atoms with Gasteiger partial charge in [-0.25, -0.2) is 22.8 Å². The molecule has 0 fully saturated rings. The van der Waals surface area contributed by atoms with E-state index >= 15 is 0 Å². The molecule has 0 atom stereocenters. The molecule has 0 bridgehead atoms. The number of aromatic amines is 1. The Labute approximate surface area is 203 Å². The SMILES string of the molecule is Cc1ccc(F)c(S(=O)(=O)Nc2ccc(-c3cnc4c(CC(=O)c5ccsc5)[nH]nc4n3)cc2)c1. The molecule has 0 saturated heterocycles. The van der Waals surface area contributed by atoms with Gasteiger partial charge in [-0.05, 0) is 48.2 Å². The Morgan fingerprint density at radius 2 is 1.94 bits per heavy atom. The van der Waals surface area contributed by atoms with Crippen LogP contribution in [0.15, 0.2) is 70.4 Å². The first kappa shape index (κ1) is 22.8. The van der Waals surface area contributed by atoms with Crippen LogP contribution >= 0.6 is 11.3 Å². The Morgan fingerprint density at radius 1 is 1.14 bits per heavy atom. The van der Waals surface area contributed by atoms with Crippen molar-refractivity contribution in [2.45, 2.75) is 18.2 Å². The number of aromatic nitrogens is 4. The number of fused-ring (bicyclic) bond motifs is 1. The lowest BCUT2D eigenvalue weighted by Gasteiger charge is -2.10. The van der Waals surface area contributed by atoms with E-state index in [2.05, 4.69) is 24.9 Å². The van der Waals surface area contributed by atoms with Crippen LogP contribution in [0.25, 0.3) is 22.4 Å². The summed E-state index contributed by atoms with van der Waals surface area (Å²) in [6.45, 7) is 1.69. The van der Waals surface area contributed by atoms with Crippen molar-refractivity contribution in [1.82, 2.24) is 20.2 Å². The van der Waals surface area contributed by atoms with Gasteiger partial charge >= 0.3 is 0 Å². The summed E-state index contributed by atoms with van der Waals surface area (Å²) in [5.41, 5.74) is 4.23. The number of H-pyrrole nitrogens is 1. The number of ketones is 1. The third-order valence-corrected chi connectivity index (χ3v) is 7.41. The van der Waals surface area contributed by atoms with Crippen LogP contribution in [0.1, 0.15) is 21.6 Å². The van der Waals surface area contributed by atoms with Crippen molar-refractivity contribution in [1.29, 1.82) is 0 Å². The summed E-state index contributed by atoms with van der Waals surface area (Å²) in [5, 5.41) is 10.7. The van der Waals surface area contributed by atoms with Crippen molar-refractivity contribution in [2.24, 2.45) is 0 Å². The van der Waals surface area contributed by atoms with Crippen molar-refractivity contribution in [3.63, 3.8) is 0 Å². The summed E-state index contributed by atoms with van der Waals surface area (Å²) >= 11 is 1.46. The van der Waals surface area contributed by atoms with Gasteiger partial charge in [-0.3, -0.25) is 14.6 Å². The molecule has 5 aromatic rings. The second-order valence-corrected chi connectivity index (χ2v) is 10.3. The second kappa shape index (κ2) is 9.01. The molecule has 0 radical (unpaired) electrons. The van der Waals surface area contributed by atoms with Crippen LogP contribution in [0, 0.1) is 12.7 Å². The van der Waals surface area contributed by atoms with Crippen LogP contribution in [-0.4, -0.2) is 34.4 Å². The maximum Gasteiger partial charge on any atom is 0.264 e. The predicted octanol–water partition coefficient (Wildman–Crippen LogP) is 4.76. The molecule has 176 valence electrons. The molecule has 3 aromatic heterocycles. The predicted molar refractivity (Wildman–Crippen MR) is 131 cm³/mol. The van der Waals surface area contributed by atoms with Crippen molar-refractivity contribution in [3.8, 4) is 11.3 Å². The average molecular weight is 508 g/mol. The number of carbonyl (C=O) groups is 1. The molecule has 0 amide bonds. The molecule has 8 nitrogen and oxygen atoms in total. The molecular formula is C24H18FN5O3S2. The van der Waals surface area contributed by atoms with Gasteiger partial charge in [0.2, 0.25) is 0 Å². The number of anilines is 1. The summed E-state index contributed by atoms with van der Waals surface area (Å²) in [6, 6.07) is 12.1. The van der Waals surface area contributed by atoms with E-state index in [-0.39, 0.29) is 17.9 Å². The summed E-state index contributed by atoms with van der Waals surface area (Å²) < 4.78 is 41.7. The second-order valence-electron chi connectivity index (χ2n) is 7.86. The average Bonchev–Trinajstić information content (AvgIpc) is 3.51. The van der Waals surface area contributed by atoms with E-state index < -0.39 is 20.7 Å². The normalized spacial score (nSPS) is 11.6. The number of carbonyl (C=O) groups excluding carboxylic acids is 1. The van der Waals surface area contributed by atoms with Gasteiger partial charge in [-0.15, -0.1) is 0 Å². The first-order valence-electron chi connectivity index (χ1n) is 10.4. The molecule has 0 unspecified atom stereocenters. The first-order valence-corrected chi connectivity index (χ1v) is 12.9. The van der Waals surface area contributed by atoms with Gasteiger partial charge in [-0.2, -0.15) is 16.4 Å². The lowest BCUT2D eigenvalue weighted by Crippen LogP contribution is -2.14. The number of rotatable bonds is 7. The third kappa shape index (κ3) is 4.68. The fraction of sp³-hybridized carbons (Fsp3) is 0.0833. The Bertz CT molecular complexity index is 1650. The molecule has 0 aliphatic rings. The van der Waals surface area contributed by atoms with Crippen molar-refractivity contribution in [3.05, 3.63) is 88.1 Å². The fourth-order valence-corrected chi connectivity index (χ4v) is 5.41. The number of nitrogens with zero attached hydrogens (tertiary/aromatic N) is 3. The van der Waals surface area contributed by atoms with Crippen molar-refractivity contribution >= 4 is 44.0 Å². The molecule has 2 N–H and O–H groups in total. The smallest absolute Gasteiger partial charge is 0.264 e. The van der Waals surface area contributed by atoms with E-state index in [9.17, 15) is 17.6 Å². The molecule has 0 saturated carbocycles. The van der Waals surface area contributed by atoms with Crippen LogP contribution in [-0.2, 0) is 16.4 Å². The number of benzene rings is 2. The standard InChI is InChI=1S/C24H18FN5O3S2/c1-14-2-7-18(25)22(10-14)35(32,33)30-17-5-3-15(4-6-17)20-12-26-23-19(28-29-24(23)27-20)11-21(31)16-8-9-34-13-16/h2-10,12-13,30H,11H2,1H3,(H,27,28,29). The van der Waals surface area contributed by atoms with E-state index in [1.165, 1.54) is 23.5 Å². The van der Waals surface area contributed by atoms with Gasteiger partial charge in [0.05, 0.1) is 24.0 Å². The summed E-state index contributed by atoms with van der Waals surface area (Å²) in [4.78, 5) is 20.9. The van der Waals surface area contributed by atoms with Gasteiger partial charge in [-0.1, -0.05) is 18.2 Å². The maximum atomic E-state index is 14.1. The molecule has 2 aromatic carbocycles. The van der Waals surface area contributed by atoms with E-state index in [1.807, 2.05) is 5.38 Å². The number of hydrogen-bond acceptors (Lipinski definition) is 7. The fourth-order valence-electron chi connectivity index (χ4n) is 3.53. The summed E-state index contributed by atoms with van der Waals surface area (Å²) in [6.07, 6.45) is 1.70. The highest BCUT2D eigenvalue weighted by atomic mass is 32.2. The Hall–Kier alpha value is -3.96. The largest absolute Gasteiger partial charge is 0.294 e. The van der Waals surface area contributed by atoms with E-state index in [4.69, 9.17) is 0 Å². The minimum Gasteiger partial charge on any atom is -0.294 e. The number of sulfonamides is 1. The van der Waals surface area contributed by atoms with Crippen molar-refractivity contribution in [2.75, 3.05) is 4.72 Å². The number of nitrogens with one attached hydrogen (secondary N) is 2. The monoisotopic (exact) mass is 507 g/mol. The molecule has 0 spiro atoms. The van der Waals surface area contributed by atoms with Gasteiger partial charge in [0.25, 0.3) is 10.0 Å². The van der Waals surface area contributed by atoms with E-state index in [1.54, 1.807) is 48.8 Å². The van der Waals surface area contributed by atoms with Gasteiger partial charge in [0.1, 0.15) is 16.2 Å².